The van der Waals surface area contributed by atoms with Gasteiger partial charge in [-0.15, -0.1) is 0 Å². The number of hydrogen-bond acceptors (Lipinski definition) is 2. The predicted molar refractivity (Wildman–Crippen MR) is 63.1 cm³/mol. The van der Waals surface area contributed by atoms with Crippen molar-refractivity contribution in [1.82, 2.24) is 0 Å². The van der Waals surface area contributed by atoms with Crippen LogP contribution in [-0.4, -0.2) is 11.7 Å². The summed E-state index contributed by atoms with van der Waals surface area (Å²) in [5, 5.41) is 9.86. The average molecular weight is 218 g/mol. The molecular weight excluding hydrogens is 200 g/mol. The topological polar surface area (TPSA) is 29.5 Å². The van der Waals surface area contributed by atoms with Crippen molar-refractivity contribution in [3.63, 3.8) is 0 Å². The monoisotopic (exact) mass is 218 g/mol. The molecule has 1 aliphatic carbocycles. The van der Waals surface area contributed by atoms with Crippen LogP contribution in [0.2, 0.25) is 0 Å². The Balaban J connectivity index is 2.26. The Labute approximate surface area is 96.2 Å². The van der Waals surface area contributed by atoms with Gasteiger partial charge in [0.25, 0.3) is 0 Å². The van der Waals surface area contributed by atoms with E-state index in [0.29, 0.717) is 11.7 Å². The minimum Gasteiger partial charge on any atom is -0.504 e. The van der Waals surface area contributed by atoms with Crippen molar-refractivity contribution < 1.29 is 9.84 Å². The van der Waals surface area contributed by atoms with Crippen LogP contribution < -0.4 is 4.74 Å². The Morgan fingerprint density at radius 3 is 2.94 bits per heavy atom. The molecule has 1 aliphatic heterocycles. The van der Waals surface area contributed by atoms with Crippen LogP contribution in [0, 0.1) is 5.92 Å². The summed E-state index contributed by atoms with van der Waals surface area (Å²) in [6, 6.07) is 3.84. The van der Waals surface area contributed by atoms with Gasteiger partial charge in [0, 0.05) is 11.0 Å². The van der Waals surface area contributed by atoms with Crippen molar-refractivity contribution in [2.75, 3.05) is 6.61 Å². The normalized spacial score (nSPS) is 26.7. The number of phenolic OH excluding ortho intramolecular Hbond substituents is 1. The maximum absolute atomic E-state index is 9.86. The molecule has 1 atom stereocenters. The van der Waals surface area contributed by atoms with Gasteiger partial charge in [-0.2, -0.15) is 0 Å². The van der Waals surface area contributed by atoms with E-state index in [9.17, 15) is 5.11 Å². The highest BCUT2D eigenvalue weighted by Crippen LogP contribution is 2.54. The van der Waals surface area contributed by atoms with Crippen LogP contribution in [0.3, 0.4) is 0 Å². The molecular formula is C14H18O2. The zero-order valence-electron chi connectivity index (χ0n) is 9.92. The molecule has 16 heavy (non-hydrogen) atoms. The second kappa shape index (κ2) is 3.16. The van der Waals surface area contributed by atoms with Crippen LogP contribution >= 0.6 is 0 Å². The minimum atomic E-state index is 0.154. The molecule has 1 N–H and O–H groups in total. The van der Waals surface area contributed by atoms with E-state index in [4.69, 9.17) is 4.74 Å². The Hall–Kier alpha value is -1.18. The van der Waals surface area contributed by atoms with Crippen molar-refractivity contribution >= 4 is 0 Å². The first-order valence-corrected chi connectivity index (χ1v) is 6.13. The maximum Gasteiger partial charge on any atom is 0.165 e. The molecule has 2 heteroatoms. The van der Waals surface area contributed by atoms with E-state index in [1.54, 1.807) is 6.07 Å². The molecule has 86 valence electrons. The Morgan fingerprint density at radius 1 is 1.38 bits per heavy atom. The van der Waals surface area contributed by atoms with E-state index < -0.39 is 0 Å². The van der Waals surface area contributed by atoms with Gasteiger partial charge < -0.3 is 9.84 Å². The summed E-state index contributed by atoms with van der Waals surface area (Å²) < 4.78 is 5.77. The van der Waals surface area contributed by atoms with E-state index in [0.717, 1.165) is 18.8 Å². The van der Waals surface area contributed by atoms with Crippen LogP contribution in [0.25, 0.3) is 0 Å². The molecule has 3 rings (SSSR count). The fourth-order valence-electron chi connectivity index (χ4n) is 3.32. The van der Waals surface area contributed by atoms with Gasteiger partial charge >= 0.3 is 0 Å². The van der Waals surface area contributed by atoms with E-state index in [2.05, 4.69) is 19.9 Å². The second-order valence-corrected chi connectivity index (χ2v) is 5.40. The van der Waals surface area contributed by atoms with Crippen molar-refractivity contribution in [2.24, 2.45) is 5.92 Å². The zero-order valence-corrected chi connectivity index (χ0v) is 9.92. The SMILES string of the molecule is CC(C)[C@@]12CCCc3ccc(O)c(c31)OC2. The lowest BCUT2D eigenvalue weighted by Gasteiger charge is -2.37. The molecule has 0 amide bonds. The fraction of sp³-hybridized carbons (Fsp3) is 0.571. The van der Waals surface area contributed by atoms with Gasteiger partial charge in [0.1, 0.15) is 0 Å². The van der Waals surface area contributed by atoms with Crippen molar-refractivity contribution in [2.45, 2.75) is 38.5 Å². The lowest BCUT2D eigenvalue weighted by molar-refractivity contribution is 0.191. The zero-order chi connectivity index (χ0) is 11.3. The number of benzene rings is 1. The molecule has 0 aromatic heterocycles. The van der Waals surface area contributed by atoms with E-state index in [-0.39, 0.29) is 5.41 Å². The molecule has 0 fully saturated rings. The first-order chi connectivity index (χ1) is 7.65. The van der Waals surface area contributed by atoms with Gasteiger partial charge in [0.2, 0.25) is 0 Å². The van der Waals surface area contributed by atoms with Crippen LogP contribution in [-0.2, 0) is 11.8 Å². The fourth-order valence-corrected chi connectivity index (χ4v) is 3.32. The summed E-state index contributed by atoms with van der Waals surface area (Å²) in [5.74, 6) is 1.63. The predicted octanol–water partition coefficient (Wildman–Crippen LogP) is 3.01. The smallest absolute Gasteiger partial charge is 0.165 e. The van der Waals surface area contributed by atoms with E-state index in [1.807, 2.05) is 0 Å². The Kier molecular flexibility index (Phi) is 1.97. The molecule has 0 spiro atoms. The van der Waals surface area contributed by atoms with Crippen molar-refractivity contribution in [1.29, 1.82) is 0 Å². The summed E-state index contributed by atoms with van der Waals surface area (Å²) in [4.78, 5) is 0. The number of rotatable bonds is 1. The first-order valence-electron chi connectivity index (χ1n) is 6.13. The lowest BCUT2D eigenvalue weighted by atomic mass is 9.65. The third-order valence-corrected chi connectivity index (χ3v) is 4.37. The molecule has 0 bridgehead atoms. The van der Waals surface area contributed by atoms with Gasteiger partial charge in [-0.05, 0) is 36.8 Å². The van der Waals surface area contributed by atoms with Crippen molar-refractivity contribution in [3.8, 4) is 11.5 Å². The van der Waals surface area contributed by atoms with Gasteiger partial charge in [-0.1, -0.05) is 19.9 Å². The second-order valence-electron chi connectivity index (χ2n) is 5.40. The van der Waals surface area contributed by atoms with Crippen LogP contribution in [0.1, 0.15) is 37.8 Å². The summed E-state index contributed by atoms with van der Waals surface area (Å²) >= 11 is 0. The third kappa shape index (κ3) is 1.07. The minimum absolute atomic E-state index is 0.154. The summed E-state index contributed by atoms with van der Waals surface area (Å²) in [5.41, 5.74) is 2.83. The van der Waals surface area contributed by atoms with Gasteiger partial charge in [0.15, 0.2) is 11.5 Å². The molecule has 0 unspecified atom stereocenters. The van der Waals surface area contributed by atoms with Gasteiger partial charge in [0.05, 0.1) is 6.61 Å². The Morgan fingerprint density at radius 2 is 2.19 bits per heavy atom. The summed E-state index contributed by atoms with van der Waals surface area (Å²) in [6.45, 7) is 5.26. The van der Waals surface area contributed by atoms with Crippen LogP contribution in [0.4, 0.5) is 0 Å². The number of phenols is 1. The van der Waals surface area contributed by atoms with Crippen LogP contribution in [0.15, 0.2) is 12.1 Å². The molecule has 2 aliphatic rings. The maximum atomic E-state index is 9.86. The number of hydrogen-bond donors (Lipinski definition) is 1. The van der Waals surface area contributed by atoms with Crippen molar-refractivity contribution in [3.05, 3.63) is 23.3 Å². The third-order valence-electron chi connectivity index (χ3n) is 4.37. The van der Waals surface area contributed by atoms with Gasteiger partial charge in [-0.25, -0.2) is 0 Å². The van der Waals surface area contributed by atoms with E-state index >= 15 is 0 Å². The van der Waals surface area contributed by atoms with E-state index in [1.165, 1.54) is 24.0 Å². The molecule has 1 aromatic carbocycles. The molecule has 0 radical (unpaired) electrons. The summed E-state index contributed by atoms with van der Waals surface area (Å²) in [7, 11) is 0. The number of aromatic hydroxyl groups is 1. The Bertz CT molecular complexity index is 437. The molecule has 1 aromatic rings. The van der Waals surface area contributed by atoms with Gasteiger partial charge in [-0.3, -0.25) is 0 Å². The highest BCUT2D eigenvalue weighted by atomic mass is 16.5. The largest absolute Gasteiger partial charge is 0.504 e. The quantitative estimate of drug-likeness (QED) is 0.785. The highest BCUT2D eigenvalue weighted by Gasteiger charge is 2.47. The highest BCUT2D eigenvalue weighted by molar-refractivity contribution is 5.57. The standard InChI is InChI=1S/C14H18O2/c1-9(2)14-7-3-4-10-5-6-11(15)13(12(10)14)16-8-14/h5-6,9,15H,3-4,7-8H2,1-2H3/t14-/m0/s1. The molecule has 0 saturated heterocycles. The first kappa shape index (κ1) is 10.0. The lowest BCUT2D eigenvalue weighted by Crippen LogP contribution is -2.37. The molecule has 1 heterocycles. The molecule has 0 saturated carbocycles. The average Bonchev–Trinajstić information content (AvgIpc) is 2.67. The molecule has 2 nitrogen and oxygen atoms in total. The number of ether oxygens (including phenoxy) is 1. The van der Waals surface area contributed by atoms with Crippen LogP contribution in [0.5, 0.6) is 11.5 Å². The summed E-state index contributed by atoms with van der Waals surface area (Å²) in [6.07, 6.45) is 3.55. The number of aryl methyl sites for hydroxylation is 1.